The third-order valence-corrected chi connectivity index (χ3v) is 3.79. The fourth-order valence-corrected chi connectivity index (χ4v) is 2.68. The lowest BCUT2D eigenvalue weighted by molar-refractivity contribution is 0.762. The van der Waals surface area contributed by atoms with Crippen LogP contribution in [0.2, 0.25) is 0 Å². The maximum Gasteiger partial charge on any atom is 0.147 e. The molecule has 4 nitrogen and oxygen atoms in total. The van der Waals surface area contributed by atoms with Crippen LogP contribution in [0.4, 0.5) is 5.82 Å². The molecule has 20 heavy (non-hydrogen) atoms. The molecule has 2 heterocycles. The lowest BCUT2D eigenvalue weighted by Crippen LogP contribution is -2.27. The van der Waals surface area contributed by atoms with Crippen molar-refractivity contribution in [3.63, 3.8) is 0 Å². The Hall–Kier alpha value is -1.94. The van der Waals surface area contributed by atoms with E-state index >= 15 is 0 Å². The molecule has 0 saturated carbocycles. The molecule has 1 aliphatic rings. The van der Waals surface area contributed by atoms with Gasteiger partial charge >= 0.3 is 0 Å². The summed E-state index contributed by atoms with van der Waals surface area (Å²) in [6.07, 6.45) is 5.92. The predicted molar refractivity (Wildman–Crippen MR) is 80.9 cm³/mol. The molecule has 0 radical (unpaired) electrons. The normalized spacial score (nSPS) is 14.8. The Morgan fingerprint density at radius 2 is 1.75 bits per heavy atom. The fourth-order valence-electron chi connectivity index (χ4n) is 2.68. The van der Waals surface area contributed by atoms with Crippen molar-refractivity contribution in [2.24, 2.45) is 0 Å². The van der Waals surface area contributed by atoms with Crippen LogP contribution in [0.5, 0.6) is 0 Å². The quantitative estimate of drug-likeness (QED) is 0.921. The van der Waals surface area contributed by atoms with Gasteiger partial charge in [0.25, 0.3) is 0 Å². The van der Waals surface area contributed by atoms with Gasteiger partial charge in [-0.3, -0.25) is 4.98 Å². The Balaban J connectivity index is 1.73. The summed E-state index contributed by atoms with van der Waals surface area (Å²) < 4.78 is 0. The molecule has 0 fully saturated rings. The van der Waals surface area contributed by atoms with Crippen molar-refractivity contribution in [3.05, 3.63) is 53.5 Å². The van der Waals surface area contributed by atoms with Gasteiger partial charge in [-0.1, -0.05) is 24.3 Å². The van der Waals surface area contributed by atoms with E-state index in [0.29, 0.717) is 0 Å². The smallest absolute Gasteiger partial charge is 0.147 e. The number of benzene rings is 1. The molecule has 0 bridgehead atoms. The highest BCUT2D eigenvalue weighted by atomic mass is 15.2. The van der Waals surface area contributed by atoms with Gasteiger partial charge in [-0.25, -0.2) is 4.98 Å². The maximum absolute atomic E-state index is 4.55. The highest BCUT2D eigenvalue weighted by Crippen LogP contribution is 2.18. The summed E-state index contributed by atoms with van der Waals surface area (Å²) in [6.45, 7) is 2.78. The monoisotopic (exact) mass is 268 g/mol. The van der Waals surface area contributed by atoms with Crippen LogP contribution in [0.1, 0.15) is 16.8 Å². The molecule has 1 aromatic heterocycles. The third kappa shape index (κ3) is 2.80. The lowest BCUT2D eigenvalue weighted by Gasteiger charge is -2.20. The second-order valence-corrected chi connectivity index (χ2v) is 5.15. The van der Waals surface area contributed by atoms with Gasteiger partial charge in [-0.15, -0.1) is 0 Å². The minimum absolute atomic E-state index is 0.763. The van der Waals surface area contributed by atoms with Gasteiger partial charge in [0.15, 0.2) is 0 Å². The molecule has 4 heteroatoms. The molecular weight excluding hydrogens is 248 g/mol. The van der Waals surface area contributed by atoms with Crippen LogP contribution in [-0.4, -0.2) is 30.1 Å². The molecule has 0 unspecified atom stereocenters. The summed E-state index contributed by atoms with van der Waals surface area (Å²) in [7, 11) is 1.92. The predicted octanol–water partition coefficient (Wildman–Crippen LogP) is 1.80. The zero-order chi connectivity index (χ0) is 13.8. The van der Waals surface area contributed by atoms with Crippen molar-refractivity contribution in [1.29, 1.82) is 0 Å². The molecule has 1 aliphatic heterocycles. The van der Waals surface area contributed by atoms with E-state index < -0.39 is 0 Å². The first kappa shape index (κ1) is 13.1. The highest BCUT2D eigenvalue weighted by Gasteiger charge is 2.14. The number of nitrogens with zero attached hydrogens (tertiary/aromatic N) is 3. The Morgan fingerprint density at radius 3 is 2.30 bits per heavy atom. The number of anilines is 1. The molecule has 0 aliphatic carbocycles. The molecule has 104 valence electrons. The van der Waals surface area contributed by atoms with Crippen molar-refractivity contribution in [1.82, 2.24) is 15.3 Å². The molecule has 3 rings (SSSR count). The molecule has 2 aromatic rings. The van der Waals surface area contributed by atoms with E-state index in [4.69, 9.17) is 0 Å². The van der Waals surface area contributed by atoms with Crippen LogP contribution in [0.3, 0.4) is 0 Å². The summed E-state index contributed by atoms with van der Waals surface area (Å²) in [5, 5.41) is 3.09. The van der Waals surface area contributed by atoms with E-state index in [9.17, 15) is 0 Å². The summed E-state index contributed by atoms with van der Waals surface area (Å²) in [5.41, 5.74) is 3.92. The largest absolute Gasteiger partial charge is 0.355 e. The number of aromatic nitrogens is 2. The molecule has 1 N–H and O–H groups in total. The van der Waals surface area contributed by atoms with E-state index in [1.165, 1.54) is 11.1 Å². The summed E-state index contributed by atoms with van der Waals surface area (Å²) in [4.78, 5) is 11.3. The second kappa shape index (κ2) is 6.01. The van der Waals surface area contributed by atoms with Crippen molar-refractivity contribution in [2.45, 2.75) is 19.4 Å². The Morgan fingerprint density at radius 1 is 1.05 bits per heavy atom. The average Bonchev–Trinajstić information content (AvgIpc) is 2.71. The van der Waals surface area contributed by atoms with Gasteiger partial charge in [-0.2, -0.15) is 0 Å². The van der Waals surface area contributed by atoms with Crippen LogP contribution in [0.25, 0.3) is 0 Å². The number of rotatable bonds is 3. The number of hydrogen-bond donors (Lipinski definition) is 1. The Bertz CT molecular complexity index is 538. The topological polar surface area (TPSA) is 41.1 Å². The molecule has 0 saturated heterocycles. The van der Waals surface area contributed by atoms with Gasteiger partial charge in [-0.05, 0) is 31.0 Å². The molecule has 0 spiro atoms. The van der Waals surface area contributed by atoms with E-state index in [2.05, 4.69) is 44.5 Å². The summed E-state index contributed by atoms with van der Waals surface area (Å²) in [6, 6.07) is 8.72. The highest BCUT2D eigenvalue weighted by molar-refractivity contribution is 5.39. The van der Waals surface area contributed by atoms with E-state index in [1.54, 1.807) is 0 Å². The fraction of sp³-hybridized carbons (Fsp3) is 0.375. The Labute approximate surface area is 119 Å². The first-order chi connectivity index (χ1) is 9.86. The van der Waals surface area contributed by atoms with Crippen molar-refractivity contribution >= 4 is 5.82 Å². The molecule has 1 aromatic carbocycles. The van der Waals surface area contributed by atoms with Crippen LogP contribution in [-0.2, 0) is 19.4 Å². The van der Waals surface area contributed by atoms with Crippen molar-refractivity contribution in [2.75, 3.05) is 25.0 Å². The van der Waals surface area contributed by atoms with E-state index in [1.807, 2.05) is 19.4 Å². The third-order valence-electron chi connectivity index (χ3n) is 3.79. The number of hydrogen-bond acceptors (Lipinski definition) is 4. The molecular formula is C16H20N4. The van der Waals surface area contributed by atoms with Crippen LogP contribution in [0, 0.1) is 0 Å². The minimum Gasteiger partial charge on any atom is -0.355 e. The molecule has 0 atom stereocenters. The number of fused-ring (bicyclic) bond motifs is 1. The SMILES string of the molecule is CNCc1cnc(N2CCc3ccccc3CC2)cn1. The van der Waals surface area contributed by atoms with Gasteiger partial charge in [0.1, 0.15) is 5.82 Å². The number of nitrogens with one attached hydrogen (secondary N) is 1. The van der Waals surface area contributed by atoms with E-state index in [0.717, 1.165) is 44.0 Å². The van der Waals surface area contributed by atoms with Crippen LogP contribution < -0.4 is 10.2 Å². The van der Waals surface area contributed by atoms with Gasteiger partial charge < -0.3 is 10.2 Å². The first-order valence-electron chi connectivity index (χ1n) is 7.14. The van der Waals surface area contributed by atoms with Gasteiger partial charge in [0.05, 0.1) is 18.1 Å². The van der Waals surface area contributed by atoms with Gasteiger partial charge in [0, 0.05) is 19.6 Å². The summed E-state index contributed by atoms with van der Waals surface area (Å²) in [5.74, 6) is 0.984. The maximum atomic E-state index is 4.55. The van der Waals surface area contributed by atoms with Crippen LogP contribution in [0.15, 0.2) is 36.7 Å². The van der Waals surface area contributed by atoms with Gasteiger partial charge in [0.2, 0.25) is 0 Å². The zero-order valence-electron chi connectivity index (χ0n) is 11.8. The Kier molecular flexibility index (Phi) is 3.92. The first-order valence-corrected chi connectivity index (χ1v) is 7.14. The van der Waals surface area contributed by atoms with Crippen molar-refractivity contribution in [3.8, 4) is 0 Å². The molecule has 0 amide bonds. The minimum atomic E-state index is 0.763. The van der Waals surface area contributed by atoms with Crippen LogP contribution >= 0.6 is 0 Å². The second-order valence-electron chi connectivity index (χ2n) is 5.15. The lowest BCUT2D eigenvalue weighted by atomic mass is 10.0. The van der Waals surface area contributed by atoms with E-state index in [-0.39, 0.29) is 0 Å². The summed E-state index contributed by atoms with van der Waals surface area (Å²) >= 11 is 0. The van der Waals surface area contributed by atoms with Crippen molar-refractivity contribution < 1.29 is 0 Å². The average molecular weight is 268 g/mol. The zero-order valence-corrected chi connectivity index (χ0v) is 11.8. The standard InChI is InChI=1S/C16H20N4/c1-17-10-15-11-19-16(12-18-15)20-8-6-13-4-2-3-5-14(13)7-9-20/h2-5,11-12,17H,6-10H2,1H3.